The van der Waals surface area contributed by atoms with Crippen LogP contribution in [0.2, 0.25) is 0 Å². The molecule has 0 spiro atoms. The summed E-state index contributed by atoms with van der Waals surface area (Å²) in [5, 5.41) is 4.14. The first-order valence-corrected chi connectivity index (χ1v) is 11.2. The van der Waals surface area contributed by atoms with Gasteiger partial charge in [-0.25, -0.2) is 0 Å². The highest BCUT2D eigenvalue weighted by molar-refractivity contribution is 7.84. The minimum Gasteiger partial charge on any atom is -0.356 e. The van der Waals surface area contributed by atoms with Crippen molar-refractivity contribution in [3.05, 3.63) is 102 Å². The molecule has 4 aromatic rings. The lowest BCUT2D eigenvalue weighted by Crippen LogP contribution is -2.05. The minimum absolute atomic E-state index is 0.456. The number of benzene rings is 3. The van der Waals surface area contributed by atoms with Crippen LogP contribution >= 0.6 is 0 Å². The van der Waals surface area contributed by atoms with E-state index >= 15 is 0 Å². The Kier molecular flexibility index (Phi) is 6.01. The second-order valence-electron chi connectivity index (χ2n) is 7.04. The summed E-state index contributed by atoms with van der Waals surface area (Å²) in [7, 11) is -0.978. The zero-order chi connectivity index (χ0) is 20.1. The summed E-state index contributed by atoms with van der Waals surface area (Å²) in [4.78, 5) is 0. The van der Waals surface area contributed by atoms with Crippen LogP contribution in [-0.2, 0) is 23.0 Å². The molecule has 0 amide bonds. The van der Waals surface area contributed by atoms with E-state index in [-0.39, 0.29) is 0 Å². The van der Waals surface area contributed by atoms with Crippen molar-refractivity contribution in [2.75, 3.05) is 5.75 Å². The lowest BCUT2D eigenvalue weighted by atomic mass is 10.0. The molecular formula is C25H23NO2S. The van der Waals surface area contributed by atoms with Crippen LogP contribution in [0, 0.1) is 6.92 Å². The molecule has 0 saturated carbocycles. The molecule has 29 heavy (non-hydrogen) atoms. The van der Waals surface area contributed by atoms with Crippen LogP contribution in [0.4, 0.5) is 0 Å². The van der Waals surface area contributed by atoms with Crippen molar-refractivity contribution in [3.63, 3.8) is 0 Å². The summed E-state index contributed by atoms with van der Waals surface area (Å²) in [6.07, 6.45) is 0.804. The molecule has 1 unspecified atom stereocenters. The Hall–Kier alpha value is -2.98. The molecule has 4 heteroatoms. The molecule has 0 radical (unpaired) electrons. The van der Waals surface area contributed by atoms with Gasteiger partial charge in [-0.2, -0.15) is 0 Å². The largest absolute Gasteiger partial charge is 0.356 e. The topological polar surface area (TPSA) is 43.1 Å². The van der Waals surface area contributed by atoms with Crippen molar-refractivity contribution in [1.29, 1.82) is 0 Å². The lowest BCUT2D eigenvalue weighted by molar-refractivity contribution is 0.427. The zero-order valence-corrected chi connectivity index (χ0v) is 17.2. The highest BCUT2D eigenvalue weighted by Crippen LogP contribution is 2.29. The normalized spacial score (nSPS) is 12.0. The molecular weight excluding hydrogens is 378 g/mol. The summed E-state index contributed by atoms with van der Waals surface area (Å²) >= 11 is 0. The van der Waals surface area contributed by atoms with E-state index in [0.29, 0.717) is 11.5 Å². The van der Waals surface area contributed by atoms with E-state index in [0.717, 1.165) is 34.6 Å². The average Bonchev–Trinajstić information content (AvgIpc) is 3.14. The lowest BCUT2D eigenvalue weighted by Gasteiger charge is -2.06. The minimum atomic E-state index is -0.978. The Balaban J connectivity index is 1.49. The molecule has 3 aromatic carbocycles. The van der Waals surface area contributed by atoms with Crippen molar-refractivity contribution >= 4 is 10.8 Å². The van der Waals surface area contributed by atoms with Gasteiger partial charge in [-0.3, -0.25) is 4.21 Å². The summed E-state index contributed by atoms with van der Waals surface area (Å²) in [6.45, 7) is 1.91. The molecule has 3 nitrogen and oxygen atoms in total. The molecule has 4 rings (SSSR count). The first kappa shape index (κ1) is 19.3. The first-order valence-electron chi connectivity index (χ1n) is 9.70. The highest BCUT2D eigenvalue weighted by atomic mass is 32.2. The standard InChI is InChI=1S/C25H23NO2S/c1-19-24(18-29(27)17-16-20-8-4-2-5-9-20)25(28-26-19)23-14-12-22(13-15-23)21-10-6-3-7-11-21/h2-15H,16-18H2,1H3. The Morgan fingerprint density at radius 1 is 0.793 bits per heavy atom. The molecule has 0 bridgehead atoms. The first-order chi connectivity index (χ1) is 14.2. The Bertz CT molecular complexity index is 1090. The molecule has 0 aliphatic rings. The second kappa shape index (κ2) is 9.01. The molecule has 1 aromatic heterocycles. The maximum absolute atomic E-state index is 12.7. The van der Waals surface area contributed by atoms with Gasteiger partial charge in [0.15, 0.2) is 5.76 Å². The number of hydrogen-bond acceptors (Lipinski definition) is 3. The third-order valence-electron chi connectivity index (χ3n) is 5.01. The number of aryl methyl sites for hydroxylation is 2. The van der Waals surface area contributed by atoms with E-state index in [2.05, 4.69) is 41.6 Å². The van der Waals surface area contributed by atoms with Crippen LogP contribution in [0.1, 0.15) is 16.8 Å². The number of nitrogens with zero attached hydrogens (tertiary/aromatic N) is 1. The summed E-state index contributed by atoms with van der Waals surface area (Å²) in [6, 6.07) is 28.7. The maximum Gasteiger partial charge on any atom is 0.171 e. The van der Waals surface area contributed by atoms with Crippen LogP contribution in [0.15, 0.2) is 89.5 Å². The van der Waals surface area contributed by atoms with Gasteiger partial charge in [0.05, 0.1) is 11.4 Å². The van der Waals surface area contributed by atoms with Crippen molar-refractivity contribution in [3.8, 4) is 22.5 Å². The molecule has 1 atom stereocenters. The number of hydrogen-bond donors (Lipinski definition) is 0. The average molecular weight is 402 g/mol. The smallest absolute Gasteiger partial charge is 0.171 e. The third-order valence-corrected chi connectivity index (χ3v) is 6.28. The van der Waals surface area contributed by atoms with Gasteiger partial charge in [-0.05, 0) is 30.0 Å². The molecule has 0 aliphatic carbocycles. The van der Waals surface area contributed by atoms with E-state index in [4.69, 9.17) is 4.52 Å². The van der Waals surface area contributed by atoms with Crippen molar-refractivity contribution in [2.45, 2.75) is 19.1 Å². The Morgan fingerprint density at radius 3 is 2.07 bits per heavy atom. The predicted octanol–water partition coefficient (Wildman–Crippen LogP) is 5.81. The second-order valence-corrected chi connectivity index (χ2v) is 8.62. The van der Waals surface area contributed by atoms with Gasteiger partial charge in [0.25, 0.3) is 0 Å². The van der Waals surface area contributed by atoms with E-state index < -0.39 is 10.8 Å². The molecule has 0 N–H and O–H groups in total. The molecule has 0 fully saturated rings. The zero-order valence-electron chi connectivity index (χ0n) is 16.4. The number of rotatable bonds is 7. The van der Waals surface area contributed by atoms with E-state index in [9.17, 15) is 4.21 Å². The molecule has 0 saturated heterocycles. The van der Waals surface area contributed by atoms with E-state index in [1.807, 2.05) is 55.5 Å². The monoisotopic (exact) mass is 401 g/mol. The predicted molar refractivity (Wildman–Crippen MR) is 119 cm³/mol. The molecule has 1 heterocycles. The summed E-state index contributed by atoms with van der Waals surface area (Å²) < 4.78 is 18.3. The Morgan fingerprint density at radius 2 is 1.38 bits per heavy atom. The van der Waals surface area contributed by atoms with Gasteiger partial charge in [-0.1, -0.05) is 90.1 Å². The van der Waals surface area contributed by atoms with Gasteiger partial charge in [0, 0.05) is 27.7 Å². The molecule has 0 aliphatic heterocycles. The quantitative estimate of drug-likeness (QED) is 0.392. The van der Waals surface area contributed by atoms with Crippen LogP contribution in [-0.4, -0.2) is 15.1 Å². The highest BCUT2D eigenvalue weighted by Gasteiger charge is 2.17. The number of aromatic nitrogens is 1. The summed E-state index contributed by atoms with van der Waals surface area (Å²) in [5.74, 6) is 1.80. The van der Waals surface area contributed by atoms with E-state index in [1.54, 1.807) is 0 Å². The fraction of sp³-hybridized carbons (Fsp3) is 0.160. The fourth-order valence-electron chi connectivity index (χ4n) is 3.34. The van der Waals surface area contributed by atoms with Crippen molar-refractivity contribution in [2.24, 2.45) is 0 Å². The van der Waals surface area contributed by atoms with Gasteiger partial charge in [-0.15, -0.1) is 0 Å². The van der Waals surface area contributed by atoms with Gasteiger partial charge in [0.2, 0.25) is 0 Å². The van der Waals surface area contributed by atoms with Crippen LogP contribution in [0.3, 0.4) is 0 Å². The van der Waals surface area contributed by atoms with Crippen LogP contribution in [0.25, 0.3) is 22.5 Å². The van der Waals surface area contributed by atoms with Crippen LogP contribution < -0.4 is 0 Å². The maximum atomic E-state index is 12.7. The van der Waals surface area contributed by atoms with Crippen molar-refractivity contribution in [1.82, 2.24) is 5.16 Å². The Labute approximate surface area is 173 Å². The van der Waals surface area contributed by atoms with Crippen molar-refractivity contribution < 1.29 is 8.73 Å². The SMILES string of the molecule is Cc1noc(-c2ccc(-c3ccccc3)cc2)c1CS(=O)CCc1ccccc1. The van der Waals surface area contributed by atoms with E-state index in [1.165, 1.54) is 11.1 Å². The van der Waals surface area contributed by atoms with Gasteiger partial charge < -0.3 is 4.52 Å². The fourth-order valence-corrected chi connectivity index (χ4v) is 4.61. The van der Waals surface area contributed by atoms with Gasteiger partial charge in [0.1, 0.15) is 0 Å². The summed E-state index contributed by atoms with van der Waals surface area (Å²) in [5.41, 5.74) is 6.23. The third kappa shape index (κ3) is 4.72. The van der Waals surface area contributed by atoms with Gasteiger partial charge >= 0.3 is 0 Å². The van der Waals surface area contributed by atoms with Crippen LogP contribution in [0.5, 0.6) is 0 Å². The molecule has 146 valence electrons.